The lowest BCUT2D eigenvalue weighted by atomic mass is 9.86. The van der Waals surface area contributed by atoms with E-state index in [4.69, 9.17) is 5.73 Å². The third kappa shape index (κ3) is 1.37. The van der Waals surface area contributed by atoms with E-state index in [2.05, 4.69) is 18.9 Å². The molecule has 1 aromatic rings. The summed E-state index contributed by atoms with van der Waals surface area (Å²) in [6.07, 6.45) is 1.78. The molecule has 3 nitrogen and oxygen atoms in total. The first kappa shape index (κ1) is 9.26. The van der Waals surface area contributed by atoms with E-state index in [9.17, 15) is 0 Å². The molecule has 1 heterocycles. The van der Waals surface area contributed by atoms with Gasteiger partial charge in [-0.1, -0.05) is 13.8 Å². The number of nitrogens with two attached hydrogens (primary N) is 1. The minimum Gasteiger partial charge on any atom is -0.320 e. The van der Waals surface area contributed by atoms with Gasteiger partial charge < -0.3 is 5.73 Å². The van der Waals surface area contributed by atoms with Gasteiger partial charge in [0.25, 0.3) is 0 Å². The third-order valence-corrected chi connectivity index (χ3v) is 2.57. The van der Waals surface area contributed by atoms with Crippen molar-refractivity contribution >= 4 is 0 Å². The number of hydrogen-bond acceptors (Lipinski definition) is 2. The van der Waals surface area contributed by atoms with Gasteiger partial charge in [0.2, 0.25) is 0 Å². The van der Waals surface area contributed by atoms with Crippen LogP contribution in [0.1, 0.15) is 26.5 Å². The van der Waals surface area contributed by atoms with Crippen molar-refractivity contribution in [3.8, 4) is 0 Å². The van der Waals surface area contributed by atoms with Gasteiger partial charge >= 0.3 is 0 Å². The molecule has 0 aliphatic carbocycles. The highest BCUT2D eigenvalue weighted by molar-refractivity contribution is 5.13. The lowest BCUT2D eigenvalue weighted by molar-refractivity contribution is 0.328. The Hall–Kier alpha value is -0.830. The first-order valence-electron chi connectivity index (χ1n) is 4.23. The summed E-state index contributed by atoms with van der Waals surface area (Å²) in [6, 6.07) is 1.97. The Morgan fingerprint density at radius 1 is 1.58 bits per heavy atom. The van der Waals surface area contributed by atoms with Crippen molar-refractivity contribution in [2.24, 2.45) is 18.7 Å². The molecule has 0 saturated heterocycles. The monoisotopic (exact) mass is 167 g/mol. The molecule has 0 bridgehead atoms. The van der Waals surface area contributed by atoms with Crippen molar-refractivity contribution in [2.45, 2.75) is 26.3 Å². The van der Waals surface area contributed by atoms with Crippen molar-refractivity contribution in [2.75, 3.05) is 0 Å². The second-order valence-corrected chi connectivity index (χ2v) is 3.78. The van der Waals surface area contributed by atoms with Crippen molar-refractivity contribution in [1.82, 2.24) is 9.78 Å². The second-order valence-electron chi connectivity index (χ2n) is 3.78. The van der Waals surface area contributed by atoms with E-state index < -0.39 is 0 Å². The Labute approximate surface area is 73.6 Å². The molecule has 0 amide bonds. The summed E-state index contributed by atoms with van der Waals surface area (Å²) in [7, 11) is 1.92. The largest absolute Gasteiger partial charge is 0.320 e. The van der Waals surface area contributed by atoms with Crippen LogP contribution in [0.25, 0.3) is 0 Å². The van der Waals surface area contributed by atoms with Crippen LogP contribution in [0.2, 0.25) is 0 Å². The van der Waals surface area contributed by atoms with Gasteiger partial charge in [0.1, 0.15) is 0 Å². The number of nitrogens with zero attached hydrogens (tertiary/aromatic N) is 2. The van der Waals surface area contributed by atoms with E-state index in [1.165, 1.54) is 0 Å². The molecule has 68 valence electrons. The van der Waals surface area contributed by atoms with E-state index in [0.717, 1.165) is 5.69 Å². The van der Waals surface area contributed by atoms with Crippen LogP contribution in [-0.4, -0.2) is 9.78 Å². The fourth-order valence-electron chi connectivity index (χ4n) is 1.20. The predicted octanol–water partition coefficient (Wildman–Crippen LogP) is 1.25. The first-order valence-corrected chi connectivity index (χ1v) is 4.23. The first-order chi connectivity index (χ1) is 5.46. The number of rotatable bonds is 2. The second kappa shape index (κ2) is 2.90. The summed E-state index contributed by atoms with van der Waals surface area (Å²) in [5.74, 6) is 0.410. The molecule has 1 rings (SSSR count). The van der Waals surface area contributed by atoms with E-state index in [0.29, 0.717) is 5.92 Å². The van der Waals surface area contributed by atoms with Crippen LogP contribution < -0.4 is 5.73 Å². The Kier molecular flexibility index (Phi) is 2.24. The summed E-state index contributed by atoms with van der Waals surface area (Å²) in [5, 5.41) is 4.10. The Morgan fingerprint density at radius 2 is 2.17 bits per heavy atom. The molecule has 0 radical (unpaired) electrons. The summed E-state index contributed by atoms with van der Waals surface area (Å²) in [4.78, 5) is 0. The molecular weight excluding hydrogens is 150 g/mol. The quantitative estimate of drug-likeness (QED) is 0.720. The van der Waals surface area contributed by atoms with E-state index in [1.807, 2.05) is 24.7 Å². The highest BCUT2D eigenvalue weighted by Crippen LogP contribution is 2.24. The van der Waals surface area contributed by atoms with Crippen LogP contribution in [0.5, 0.6) is 0 Å². The minimum atomic E-state index is -0.286. The molecule has 0 saturated carbocycles. The number of hydrogen-bond donors (Lipinski definition) is 1. The Morgan fingerprint density at radius 3 is 2.50 bits per heavy atom. The molecule has 2 N–H and O–H groups in total. The molecule has 12 heavy (non-hydrogen) atoms. The maximum Gasteiger partial charge on any atom is 0.0579 e. The van der Waals surface area contributed by atoms with Crippen LogP contribution >= 0.6 is 0 Å². The fraction of sp³-hybridized carbons (Fsp3) is 0.667. The average molecular weight is 167 g/mol. The van der Waals surface area contributed by atoms with Crippen molar-refractivity contribution in [3.63, 3.8) is 0 Å². The van der Waals surface area contributed by atoms with Crippen LogP contribution in [0.3, 0.4) is 0 Å². The minimum absolute atomic E-state index is 0.286. The van der Waals surface area contributed by atoms with Crippen LogP contribution in [0.15, 0.2) is 12.3 Å². The van der Waals surface area contributed by atoms with Gasteiger partial charge in [0, 0.05) is 13.2 Å². The summed E-state index contributed by atoms with van der Waals surface area (Å²) in [6.45, 7) is 6.27. The molecule has 3 heteroatoms. The molecular formula is C9H17N3. The fourth-order valence-corrected chi connectivity index (χ4v) is 1.20. The summed E-state index contributed by atoms with van der Waals surface area (Å²) in [5.41, 5.74) is 6.96. The van der Waals surface area contributed by atoms with Gasteiger partial charge in [-0.05, 0) is 18.9 Å². The van der Waals surface area contributed by atoms with E-state index >= 15 is 0 Å². The molecule has 1 aromatic heterocycles. The maximum absolute atomic E-state index is 6.17. The number of aromatic nitrogens is 2. The smallest absolute Gasteiger partial charge is 0.0579 e. The van der Waals surface area contributed by atoms with Gasteiger partial charge in [-0.2, -0.15) is 5.10 Å². The third-order valence-electron chi connectivity index (χ3n) is 2.57. The zero-order valence-electron chi connectivity index (χ0n) is 8.20. The predicted molar refractivity (Wildman–Crippen MR) is 49.6 cm³/mol. The van der Waals surface area contributed by atoms with Crippen LogP contribution in [-0.2, 0) is 12.6 Å². The average Bonchev–Trinajstić information content (AvgIpc) is 2.35. The van der Waals surface area contributed by atoms with Crippen LogP contribution in [0, 0.1) is 5.92 Å². The number of aryl methyl sites for hydroxylation is 1. The van der Waals surface area contributed by atoms with Crippen LogP contribution in [0.4, 0.5) is 0 Å². The normalized spacial score (nSPS) is 16.5. The molecule has 0 spiro atoms. The molecule has 0 aliphatic rings. The highest BCUT2D eigenvalue weighted by atomic mass is 15.3. The maximum atomic E-state index is 6.17. The van der Waals surface area contributed by atoms with Gasteiger partial charge in [-0.15, -0.1) is 0 Å². The van der Waals surface area contributed by atoms with Crippen molar-refractivity contribution in [1.29, 1.82) is 0 Å². The van der Waals surface area contributed by atoms with E-state index in [1.54, 1.807) is 6.20 Å². The topological polar surface area (TPSA) is 43.8 Å². The Balaban J connectivity index is 3.05. The van der Waals surface area contributed by atoms with Gasteiger partial charge in [0.05, 0.1) is 11.2 Å². The standard InChI is InChI=1S/C9H17N3/c1-7(2)9(3,10)8-5-6-11-12(8)4/h5-7H,10H2,1-4H3. The van der Waals surface area contributed by atoms with Crippen molar-refractivity contribution < 1.29 is 0 Å². The Bertz CT molecular complexity index is 260. The zero-order valence-corrected chi connectivity index (χ0v) is 8.20. The van der Waals surface area contributed by atoms with Gasteiger partial charge in [0.15, 0.2) is 0 Å². The van der Waals surface area contributed by atoms with Crippen molar-refractivity contribution in [3.05, 3.63) is 18.0 Å². The van der Waals surface area contributed by atoms with E-state index in [-0.39, 0.29) is 5.54 Å². The summed E-state index contributed by atoms with van der Waals surface area (Å²) >= 11 is 0. The molecule has 1 atom stereocenters. The molecule has 1 unspecified atom stereocenters. The molecule has 0 fully saturated rings. The lowest BCUT2D eigenvalue weighted by Crippen LogP contribution is -2.40. The van der Waals surface area contributed by atoms with Gasteiger partial charge in [-0.25, -0.2) is 0 Å². The molecule has 0 aliphatic heterocycles. The highest BCUT2D eigenvalue weighted by Gasteiger charge is 2.27. The SMILES string of the molecule is CC(C)C(C)(N)c1ccnn1C. The molecule has 0 aromatic carbocycles. The summed E-state index contributed by atoms with van der Waals surface area (Å²) < 4.78 is 1.83. The lowest BCUT2D eigenvalue weighted by Gasteiger charge is -2.29. The zero-order chi connectivity index (χ0) is 9.35. The van der Waals surface area contributed by atoms with Gasteiger partial charge in [-0.3, -0.25) is 4.68 Å².